The second-order valence-electron chi connectivity index (χ2n) is 5.97. The van der Waals surface area contributed by atoms with Gasteiger partial charge in [0.15, 0.2) is 5.65 Å². The third-order valence-corrected chi connectivity index (χ3v) is 3.78. The molecule has 1 atom stereocenters. The van der Waals surface area contributed by atoms with E-state index in [0.717, 1.165) is 22.1 Å². The minimum atomic E-state index is 0.0496. The molecule has 0 saturated carbocycles. The van der Waals surface area contributed by atoms with E-state index in [0.29, 0.717) is 23.7 Å². The molecule has 0 aliphatic heterocycles. The van der Waals surface area contributed by atoms with Crippen LogP contribution in [0.25, 0.3) is 22.3 Å². The van der Waals surface area contributed by atoms with Crippen molar-refractivity contribution in [3.8, 4) is 17.3 Å². The van der Waals surface area contributed by atoms with Crippen LogP contribution in [-0.2, 0) is 0 Å². The fourth-order valence-electron chi connectivity index (χ4n) is 2.76. The smallest absolute Gasteiger partial charge is 0.178 e. The van der Waals surface area contributed by atoms with Crippen molar-refractivity contribution in [3.63, 3.8) is 0 Å². The van der Waals surface area contributed by atoms with Crippen molar-refractivity contribution >= 4 is 11.0 Å². The van der Waals surface area contributed by atoms with Gasteiger partial charge < -0.3 is 5.21 Å². The van der Waals surface area contributed by atoms with Crippen molar-refractivity contribution in [2.24, 2.45) is 5.92 Å². The zero-order valence-corrected chi connectivity index (χ0v) is 13.1. The number of aromatic nitrogens is 5. The number of nitrogens with zero attached hydrogens (tertiary/aromatic N) is 6. The molecule has 0 amide bonds. The molecule has 0 spiro atoms. The average molecular weight is 310 g/mol. The van der Waals surface area contributed by atoms with Gasteiger partial charge in [-0.3, -0.25) is 4.68 Å². The topological polar surface area (TPSA) is 92.5 Å². The quantitative estimate of drug-likeness (QED) is 0.731. The van der Waals surface area contributed by atoms with E-state index in [9.17, 15) is 5.21 Å². The molecule has 0 bridgehead atoms. The highest BCUT2D eigenvalue weighted by Gasteiger charge is 2.16. The van der Waals surface area contributed by atoms with Crippen molar-refractivity contribution in [2.75, 3.05) is 0 Å². The van der Waals surface area contributed by atoms with E-state index < -0.39 is 0 Å². The summed E-state index contributed by atoms with van der Waals surface area (Å²) in [7, 11) is 0. The largest absolute Gasteiger partial charge is 0.427 e. The summed E-state index contributed by atoms with van der Waals surface area (Å²) in [6, 6.07) is 4.05. The van der Waals surface area contributed by atoms with Gasteiger partial charge in [0.1, 0.15) is 6.33 Å². The Morgan fingerprint density at radius 2 is 2.17 bits per heavy atom. The molecule has 118 valence electrons. The van der Waals surface area contributed by atoms with Gasteiger partial charge in [0.2, 0.25) is 0 Å². The maximum absolute atomic E-state index is 9.71. The highest BCUT2D eigenvalue weighted by Crippen LogP contribution is 2.27. The maximum Gasteiger partial charge on any atom is 0.178 e. The molecule has 1 N–H and O–H groups in total. The molecule has 0 fully saturated rings. The SMILES string of the molecule is CC(C)C[C@H](CC#N)n1cc(-c2ncnc3c2ccn3O)cn1. The Bertz CT molecular complexity index is 857. The molecule has 7 nitrogen and oxygen atoms in total. The van der Waals surface area contributed by atoms with E-state index in [1.165, 1.54) is 12.5 Å². The zero-order chi connectivity index (χ0) is 16.4. The number of hydrogen-bond acceptors (Lipinski definition) is 5. The van der Waals surface area contributed by atoms with Crippen molar-refractivity contribution in [1.29, 1.82) is 5.26 Å². The van der Waals surface area contributed by atoms with Gasteiger partial charge in [-0.1, -0.05) is 13.8 Å². The van der Waals surface area contributed by atoms with Gasteiger partial charge in [0, 0.05) is 23.3 Å². The number of nitriles is 1. The third kappa shape index (κ3) is 2.88. The van der Waals surface area contributed by atoms with Gasteiger partial charge in [-0.15, -0.1) is 0 Å². The Morgan fingerprint density at radius 1 is 1.35 bits per heavy atom. The molecule has 0 aliphatic rings. The first kappa shape index (κ1) is 15.0. The minimum absolute atomic E-state index is 0.0496. The van der Waals surface area contributed by atoms with E-state index in [1.54, 1.807) is 12.3 Å². The Hall–Kier alpha value is -2.88. The molecule has 0 aromatic carbocycles. The van der Waals surface area contributed by atoms with Crippen LogP contribution < -0.4 is 0 Å². The molecule has 7 heteroatoms. The second kappa shape index (κ2) is 6.08. The summed E-state index contributed by atoms with van der Waals surface area (Å²) in [5.74, 6) is 0.482. The van der Waals surface area contributed by atoms with Crippen LogP contribution in [0.5, 0.6) is 0 Å². The molecule has 0 unspecified atom stereocenters. The highest BCUT2D eigenvalue weighted by atomic mass is 16.5. The summed E-state index contributed by atoms with van der Waals surface area (Å²) in [4.78, 5) is 8.39. The first-order valence-electron chi connectivity index (χ1n) is 7.53. The van der Waals surface area contributed by atoms with E-state index in [2.05, 4.69) is 35.0 Å². The van der Waals surface area contributed by atoms with E-state index in [-0.39, 0.29) is 6.04 Å². The van der Waals surface area contributed by atoms with Gasteiger partial charge in [-0.2, -0.15) is 15.1 Å². The summed E-state index contributed by atoms with van der Waals surface area (Å²) >= 11 is 0. The zero-order valence-electron chi connectivity index (χ0n) is 13.1. The summed E-state index contributed by atoms with van der Waals surface area (Å²) < 4.78 is 2.81. The first-order chi connectivity index (χ1) is 11.1. The average Bonchev–Trinajstić information content (AvgIpc) is 3.14. The van der Waals surface area contributed by atoms with Crippen LogP contribution in [-0.4, -0.2) is 29.7 Å². The normalized spacial score (nSPS) is 12.6. The maximum atomic E-state index is 9.71. The van der Waals surface area contributed by atoms with Crippen molar-refractivity contribution < 1.29 is 5.21 Å². The van der Waals surface area contributed by atoms with Gasteiger partial charge >= 0.3 is 0 Å². The minimum Gasteiger partial charge on any atom is -0.427 e. The number of rotatable bonds is 5. The molecular formula is C16H18N6O. The van der Waals surface area contributed by atoms with Gasteiger partial charge in [-0.05, 0) is 18.4 Å². The molecule has 0 saturated heterocycles. The number of hydrogen-bond donors (Lipinski definition) is 1. The number of fused-ring (bicyclic) bond motifs is 1. The van der Waals surface area contributed by atoms with Gasteiger partial charge in [0.05, 0.1) is 30.4 Å². The van der Waals surface area contributed by atoms with E-state index in [1.807, 2.05) is 10.9 Å². The lowest BCUT2D eigenvalue weighted by molar-refractivity contribution is 0.198. The molecule has 3 aromatic rings. The fourth-order valence-corrected chi connectivity index (χ4v) is 2.76. The van der Waals surface area contributed by atoms with Crippen LogP contribution in [0.3, 0.4) is 0 Å². The van der Waals surface area contributed by atoms with Crippen LogP contribution in [0.4, 0.5) is 0 Å². The van der Waals surface area contributed by atoms with Crippen molar-refractivity contribution in [1.82, 2.24) is 24.5 Å². The lowest BCUT2D eigenvalue weighted by Crippen LogP contribution is -2.11. The van der Waals surface area contributed by atoms with Gasteiger partial charge in [-0.25, -0.2) is 9.97 Å². The lowest BCUT2D eigenvalue weighted by Gasteiger charge is -2.16. The first-order valence-corrected chi connectivity index (χ1v) is 7.53. The molecule has 0 radical (unpaired) electrons. The van der Waals surface area contributed by atoms with Gasteiger partial charge in [0.25, 0.3) is 0 Å². The van der Waals surface area contributed by atoms with Crippen LogP contribution in [0.2, 0.25) is 0 Å². The van der Waals surface area contributed by atoms with Crippen LogP contribution in [0.15, 0.2) is 31.0 Å². The standard InChI is InChI=1S/C16H18N6O/c1-11(2)7-13(3-5-17)21-9-12(8-20-21)15-14-4-6-22(23)16(14)19-10-18-15/h4,6,8-11,13,23H,3,7H2,1-2H3/t13-/m0/s1. The second-order valence-corrected chi connectivity index (χ2v) is 5.97. The van der Waals surface area contributed by atoms with E-state index >= 15 is 0 Å². The third-order valence-electron chi connectivity index (χ3n) is 3.78. The summed E-state index contributed by atoms with van der Waals surface area (Å²) in [6.07, 6.45) is 7.90. The van der Waals surface area contributed by atoms with E-state index in [4.69, 9.17) is 5.26 Å². The van der Waals surface area contributed by atoms with Crippen molar-refractivity contribution in [3.05, 3.63) is 31.0 Å². The molecule has 0 aliphatic carbocycles. The molecule has 23 heavy (non-hydrogen) atoms. The van der Waals surface area contributed by atoms with Crippen LogP contribution in [0.1, 0.15) is 32.7 Å². The van der Waals surface area contributed by atoms with Crippen LogP contribution in [0, 0.1) is 17.2 Å². The molecule has 3 rings (SSSR count). The Labute approximate surface area is 133 Å². The lowest BCUT2D eigenvalue weighted by atomic mass is 10.0. The fraction of sp³-hybridized carbons (Fsp3) is 0.375. The molecule has 3 heterocycles. The monoisotopic (exact) mass is 310 g/mol. The van der Waals surface area contributed by atoms with Crippen LogP contribution >= 0.6 is 0 Å². The highest BCUT2D eigenvalue weighted by molar-refractivity contribution is 5.90. The Morgan fingerprint density at radius 3 is 2.91 bits per heavy atom. The Kier molecular flexibility index (Phi) is 3.98. The summed E-state index contributed by atoms with van der Waals surface area (Å²) in [5.41, 5.74) is 2.02. The summed E-state index contributed by atoms with van der Waals surface area (Å²) in [5, 5.41) is 23.9. The molecule has 3 aromatic heterocycles. The predicted octanol–water partition coefficient (Wildman–Crippen LogP) is 3.03. The van der Waals surface area contributed by atoms with Crippen molar-refractivity contribution in [2.45, 2.75) is 32.7 Å². The predicted molar refractivity (Wildman–Crippen MR) is 84.7 cm³/mol. The Balaban J connectivity index is 1.98. The molecular weight excluding hydrogens is 292 g/mol. The summed E-state index contributed by atoms with van der Waals surface area (Å²) in [6.45, 7) is 4.26.